The van der Waals surface area contributed by atoms with Gasteiger partial charge in [-0.1, -0.05) is 77.2 Å². The predicted molar refractivity (Wildman–Crippen MR) is 156 cm³/mol. The smallest absolute Gasteiger partial charge is 0.414 e. The van der Waals surface area contributed by atoms with Gasteiger partial charge in [0, 0.05) is 23.4 Å². The molecule has 1 amide bonds. The Balaban J connectivity index is 1.54. The van der Waals surface area contributed by atoms with Gasteiger partial charge < -0.3 is 14.8 Å². The van der Waals surface area contributed by atoms with Gasteiger partial charge in [0.1, 0.15) is 13.2 Å². The first-order chi connectivity index (χ1) is 18.7. The molecule has 0 aliphatic heterocycles. The van der Waals surface area contributed by atoms with Gasteiger partial charge in [0.2, 0.25) is 0 Å². The van der Waals surface area contributed by atoms with E-state index in [4.69, 9.17) is 9.47 Å². The van der Waals surface area contributed by atoms with Crippen LogP contribution in [0.15, 0.2) is 71.6 Å². The molecule has 2 N–H and O–H groups in total. The molecule has 11 heteroatoms. The monoisotopic (exact) mass is 664 g/mol. The van der Waals surface area contributed by atoms with Gasteiger partial charge in [0.15, 0.2) is 0 Å². The SMILES string of the molecule is Cc1ccc(S(=O)(=O)O)cc1N(CCNCC(=O)OCCI)C(=O)OCC1c2ccccc2-c2ccccc21. The van der Waals surface area contributed by atoms with Gasteiger partial charge in [-0.2, -0.15) is 8.42 Å². The summed E-state index contributed by atoms with van der Waals surface area (Å²) in [7, 11) is -4.50. The molecule has 4 rings (SSSR count). The second kappa shape index (κ2) is 12.9. The molecule has 3 aromatic rings. The fourth-order valence-corrected chi connectivity index (χ4v) is 5.33. The van der Waals surface area contributed by atoms with Crippen molar-refractivity contribution in [2.45, 2.75) is 17.7 Å². The second-order valence-electron chi connectivity index (χ2n) is 8.97. The number of halogens is 1. The molecule has 0 fully saturated rings. The summed E-state index contributed by atoms with van der Waals surface area (Å²) in [6.07, 6.45) is -0.679. The van der Waals surface area contributed by atoms with Gasteiger partial charge in [0.25, 0.3) is 10.1 Å². The summed E-state index contributed by atoms with van der Waals surface area (Å²) in [5.74, 6) is -0.567. The fourth-order valence-electron chi connectivity index (χ4n) is 4.61. The number of rotatable bonds is 11. The quantitative estimate of drug-likeness (QED) is 0.101. The summed E-state index contributed by atoms with van der Waals surface area (Å²) >= 11 is 2.11. The third kappa shape index (κ3) is 6.96. The maximum Gasteiger partial charge on any atom is 0.414 e. The van der Waals surface area contributed by atoms with Gasteiger partial charge in [-0.15, -0.1) is 0 Å². The lowest BCUT2D eigenvalue weighted by Gasteiger charge is -2.25. The van der Waals surface area contributed by atoms with Crippen molar-refractivity contribution in [1.29, 1.82) is 0 Å². The minimum atomic E-state index is -4.50. The molecule has 0 unspecified atom stereocenters. The number of nitrogens with zero attached hydrogens (tertiary/aromatic N) is 1. The van der Waals surface area contributed by atoms with E-state index in [0.717, 1.165) is 22.3 Å². The van der Waals surface area contributed by atoms with Crippen LogP contribution in [0.25, 0.3) is 11.1 Å². The van der Waals surface area contributed by atoms with Crippen LogP contribution in [-0.2, 0) is 24.4 Å². The fraction of sp³-hybridized carbons (Fsp3) is 0.286. The zero-order valence-electron chi connectivity index (χ0n) is 21.3. The number of benzene rings is 3. The van der Waals surface area contributed by atoms with Crippen LogP contribution in [0.3, 0.4) is 0 Å². The van der Waals surface area contributed by atoms with Gasteiger partial charge in [0.05, 0.1) is 17.1 Å². The lowest BCUT2D eigenvalue weighted by atomic mass is 9.98. The van der Waals surface area contributed by atoms with Crippen LogP contribution in [0, 0.1) is 6.92 Å². The normalized spacial score (nSPS) is 12.5. The summed E-state index contributed by atoms with van der Waals surface area (Å²) in [6, 6.07) is 20.0. The van der Waals surface area contributed by atoms with E-state index in [2.05, 4.69) is 27.9 Å². The summed E-state index contributed by atoms with van der Waals surface area (Å²) in [5, 5.41) is 2.94. The van der Waals surface area contributed by atoms with Crippen molar-refractivity contribution < 1.29 is 32.0 Å². The molecule has 9 nitrogen and oxygen atoms in total. The first-order valence-corrected chi connectivity index (χ1v) is 15.3. The van der Waals surface area contributed by atoms with E-state index in [9.17, 15) is 22.6 Å². The molecule has 0 atom stereocenters. The summed E-state index contributed by atoms with van der Waals surface area (Å²) in [4.78, 5) is 26.3. The summed E-state index contributed by atoms with van der Waals surface area (Å²) in [5.41, 5.74) is 5.21. The first kappa shape index (κ1) is 29.0. The minimum Gasteiger partial charge on any atom is -0.464 e. The van der Waals surface area contributed by atoms with Crippen molar-refractivity contribution in [2.24, 2.45) is 0 Å². The molecule has 3 aromatic carbocycles. The van der Waals surface area contributed by atoms with Gasteiger partial charge in [-0.25, -0.2) is 4.79 Å². The molecule has 0 saturated heterocycles. The topological polar surface area (TPSA) is 122 Å². The highest BCUT2D eigenvalue weighted by molar-refractivity contribution is 14.1. The number of carbonyl (C=O) groups excluding carboxylic acids is 2. The number of alkyl halides is 1. The number of amides is 1. The molecule has 0 spiro atoms. The number of nitrogens with one attached hydrogen (secondary N) is 1. The minimum absolute atomic E-state index is 0.0424. The summed E-state index contributed by atoms with van der Waals surface area (Å²) in [6.45, 7) is 2.36. The van der Waals surface area contributed by atoms with Gasteiger partial charge >= 0.3 is 12.1 Å². The van der Waals surface area contributed by atoms with Crippen LogP contribution in [0.1, 0.15) is 22.6 Å². The molecule has 0 saturated carbocycles. The molecule has 1 aliphatic rings. The highest BCUT2D eigenvalue weighted by Crippen LogP contribution is 2.44. The highest BCUT2D eigenvalue weighted by atomic mass is 127. The maximum atomic E-state index is 13.5. The second-order valence-corrected chi connectivity index (χ2v) is 11.5. The van der Waals surface area contributed by atoms with E-state index >= 15 is 0 Å². The van der Waals surface area contributed by atoms with Crippen molar-refractivity contribution in [1.82, 2.24) is 5.32 Å². The van der Waals surface area contributed by atoms with E-state index in [1.807, 2.05) is 48.5 Å². The van der Waals surface area contributed by atoms with Crippen molar-refractivity contribution in [2.75, 3.05) is 42.2 Å². The molecule has 39 heavy (non-hydrogen) atoms. The molecule has 0 bridgehead atoms. The molecule has 206 valence electrons. The Hall–Kier alpha value is -3.00. The molecular weight excluding hydrogens is 635 g/mol. The van der Waals surface area contributed by atoms with Crippen LogP contribution in [0.4, 0.5) is 10.5 Å². The third-order valence-corrected chi connectivity index (χ3v) is 7.74. The standard InChI is InChI=1S/C28H29IN2O7S/c1-19-10-11-20(39(34,35)36)16-26(19)31(14-13-30-17-27(32)37-15-12-29)28(33)38-18-25-23-8-4-2-6-21(23)22-7-3-5-9-24(22)25/h2-11,16,25,30H,12-15,17-18H2,1H3,(H,34,35,36). The Labute approximate surface area is 241 Å². The van der Waals surface area contributed by atoms with Crippen LogP contribution in [0.2, 0.25) is 0 Å². The number of fused-ring (bicyclic) bond motifs is 3. The van der Waals surface area contributed by atoms with Crippen LogP contribution < -0.4 is 10.2 Å². The molecule has 1 aliphatic carbocycles. The average Bonchev–Trinajstić information content (AvgIpc) is 3.24. The number of hydrogen-bond acceptors (Lipinski definition) is 7. The van der Waals surface area contributed by atoms with Crippen molar-refractivity contribution >= 4 is 50.5 Å². The highest BCUT2D eigenvalue weighted by Gasteiger charge is 2.30. The van der Waals surface area contributed by atoms with Crippen molar-refractivity contribution in [3.05, 3.63) is 83.4 Å². The summed E-state index contributed by atoms with van der Waals surface area (Å²) < 4.78 is 44.7. The van der Waals surface area contributed by atoms with E-state index in [0.29, 0.717) is 16.6 Å². The van der Waals surface area contributed by atoms with Gasteiger partial charge in [-0.3, -0.25) is 14.2 Å². The Kier molecular flexibility index (Phi) is 9.59. The maximum absolute atomic E-state index is 13.5. The number of carbonyl (C=O) groups is 2. The van der Waals surface area contributed by atoms with E-state index in [-0.39, 0.29) is 42.7 Å². The molecule has 0 radical (unpaired) electrons. The predicted octanol–water partition coefficient (Wildman–Crippen LogP) is 4.57. The van der Waals surface area contributed by atoms with E-state index < -0.39 is 22.2 Å². The van der Waals surface area contributed by atoms with Crippen molar-refractivity contribution in [3.63, 3.8) is 0 Å². The van der Waals surface area contributed by atoms with Crippen LogP contribution in [-0.4, -0.2) is 62.3 Å². The lowest BCUT2D eigenvalue weighted by Crippen LogP contribution is -2.39. The Morgan fingerprint density at radius 1 is 1.00 bits per heavy atom. The van der Waals surface area contributed by atoms with Crippen LogP contribution in [0.5, 0.6) is 0 Å². The number of aryl methyl sites for hydroxylation is 1. The molecular formula is C28H29IN2O7S. The van der Waals surface area contributed by atoms with Crippen LogP contribution >= 0.6 is 22.6 Å². The zero-order valence-corrected chi connectivity index (χ0v) is 24.3. The zero-order chi connectivity index (χ0) is 28.0. The average molecular weight is 665 g/mol. The first-order valence-electron chi connectivity index (χ1n) is 12.3. The molecule has 0 aromatic heterocycles. The lowest BCUT2D eigenvalue weighted by molar-refractivity contribution is -0.141. The third-order valence-electron chi connectivity index (χ3n) is 6.45. The largest absolute Gasteiger partial charge is 0.464 e. The number of anilines is 1. The Morgan fingerprint density at radius 3 is 2.26 bits per heavy atom. The van der Waals surface area contributed by atoms with E-state index in [1.54, 1.807) is 6.92 Å². The van der Waals surface area contributed by atoms with E-state index in [1.165, 1.54) is 23.1 Å². The number of esters is 1. The number of hydrogen-bond donors (Lipinski definition) is 2. The Morgan fingerprint density at radius 2 is 1.64 bits per heavy atom. The van der Waals surface area contributed by atoms with Crippen molar-refractivity contribution in [3.8, 4) is 11.1 Å². The molecule has 0 heterocycles. The van der Waals surface area contributed by atoms with Gasteiger partial charge in [-0.05, 0) is 46.9 Å². The number of ether oxygens (including phenoxy) is 2. The Bertz CT molecular complexity index is 1420.